The van der Waals surface area contributed by atoms with Crippen LogP contribution >= 0.6 is 35.3 Å². The molecule has 0 saturated carbocycles. The zero-order valence-corrected chi connectivity index (χ0v) is 14.9. The van der Waals surface area contributed by atoms with Gasteiger partial charge in [0.1, 0.15) is 0 Å². The third-order valence-electron chi connectivity index (χ3n) is 2.71. The van der Waals surface area contributed by atoms with Gasteiger partial charge >= 0.3 is 0 Å². The van der Waals surface area contributed by atoms with E-state index in [1.165, 1.54) is 10.4 Å². The number of nitrogens with one attached hydrogen (secondary N) is 2. The van der Waals surface area contributed by atoms with Gasteiger partial charge < -0.3 is 15.2 Å². The summed E-state index contributed by atoms with van der Waals surface area (Å²) in [5.41, 5.74) is 2.19. The number of hydrogen-bond donors (Lipinski definition) is 2. The zero-order chi connectivity index (χ0) is 13.7. The maximum absolute atomic E-state index is 5.14. The van der Waals surface area contributed by atoms with Crippen molar-refractivity contribution in [2.45, 2.75) is 26.9 Å². The van der Waals surface area contributed by atoms with Crippen molar-refractivity contribution in [1.82, 2.24) is 15.8 Å². The highest BCUT2D eigenvalue weighted by molar-refractivity contribution is 14.0. The summed E-state index contributed by atoms with van der Waals surface area (Å²) in [5, 5.41) is 12.4. The fraction of sp³-hybridized carbons (Fsp3) is 0.385. The van der Waals surface area contributed by atoms with Crippen LogP contribution in [0, 0.1) is 13.8 Å². The fourth-order valence-corrected chi connectivity index (χ4v) is 2.49. The number of guanidine groups is 1. The molecule has 7 heteroatoms. The Morgan fingerprint density at radius 3 is 2.65 bits per heavy atom. The van der Waals surface area contributed by atoms with Crippen molar-refractivity contribution >= 4 is 41.3 Å². The summed E-state index contributed by atoms with van der Waals surface area (Å²) in [6.07, 6.45) is 0. The lowest BCUT2D eigenvalue weighted by Gasteiger charge is -2.10. The molecule has 20 heavy (non-hydrogen) atoms. The van der Waals surface area contributed by atoms with E-state index in [1.54, 1.807) is 18.4 Å². The standard InChI is InChI=1S/C13H18N4OS.HI/c1-9-4-5-19-12(9)8-16-13(14-3)15-7-11-6-10(2)17-18-11;/h4-6H,7-8H2,1-3H3,(H2,14,15,16);1H. The van der Waals surface area contributed by atoms with Crippen molar-refractivity contribution in [2.24, 2.45) is 4.99 Å². The Morgan fingerprint density at radius 1 is 1.35 bits per heavy atom. The summed E-state index contributed by atoms with van der Waals surface area (Å²) in [4.78, 5) is 5.49. The summed E-state index contributed by atoms with van der Waals surface area (Å²) in [6, 6.07) is 4.03. The Kier molecular flexibility index (Phi) is 7.00. The molecule has 0 bridgehead atoms. The van der Waals surface area contributed by atoms with Gasteiger partial charge in [0.2, 0.25) is 0 Å². The molecule has 0 aliphatic rings. The van der Waals surface area contributed by atoms with Crippen LogP contribution in [0.1, 0.15) is 21.9 Å². The van der Waals surface area contributed by atoms with Gasteiger partial charge in [-0.3, -0.25) is 4.99 Å². The van der Waals surface area contributed by atoms with Crippen molar-refractivity contribution in [3.05, 3.63) is 39.4 Å². The molecule has 0 aliphatic heterocycles. The second kappa shape index (κ2) is 8.25. The monoisotopic (exact) mass is 406 g/mol. The lowest BCUT2D eigenvalue weighted by molar-refractivity contribution is 0.376. The van der Waals surface area contributed by atoms with Crippen molar-refractivity contribution in [3.8, 4) is 0 Å². The third kappa shape index (κ3) is 4.78. The van der Waals surface area contributed by atoms with Gasteiger partial charge in [-0.25, -0.2) is 0 Å². The van der Waals surface area contributed by atoms with Gasteiger partial charge in [-0.1, -0.05) is 5.16 Å². The van der Waals surface area contributed by atoms with Gasteiger partial charge in [0, 0.05) is 18.0 Å². The second-order valence-electron chi connectivity index (χ2n) is 4.24. The summed E-state index contributed by atoms with van der Waals surface area (Å²) >= 11 is 1.75. The molecule has 2 heterocycles. The van der Waals surface area contributed by atoms with Gasteiger partial charge in [-0.05, 0) is 30.9 Å². The lowest BCUT2D eigenvalue weighted by Crippen LogP contribution is -2.36. The van der Waals surface area contributed by atoms with Gasteiger partial charge in [0.25, 0.3) is 0 Å². The van der Waals surface area contributed by atoms with E-state index < -0.39 is 0 Å². The molecule has 0 fully saturated rings. The zero-order valence-electron chi connectivity index (χ0n) is 11.8. The Balaban J connectivity index is 0.00000200. The highest BCUT2D eigenvalue weighted by atomic mass is 127. The minimum absolute atomic E-state index is 0. The molecule has 0 aromatic carbocycles. The molecule has 0 spiro atoms. The van der Waals surface area contributed by atoms with Crippen molar-refractivity contribution < 1.29 is 4.52 Å². The van der Waals surface area contributed by atoms with Gasteiger partial charge in [-0.2, -0.15) is 0 Å². The molecular formula is C13H19IN4OS. The Bertz CT molecular complexity index is 564. The first-order valence-electron chi connectivity index (χ1n) is 6.08. The van der Waals surface area contributed by atoms with E-state index >= 15 is 0 Å². The predicted octanol–water partition coefficient (Wildman–Crippen LogP) is 2.84. The van der Waals surface area contributed by atoms with E-state index in [-0.39, 0.29) is 24.0 Å². The number of rotatable bonds is 4. The number of halogens is 1. The van der Waals surface area contributed by atoms with E-state index in [4.69, 9.17) is 4.52 Å². The molecule has 0 atom stereocenters. The van der Waals surface area contributed by atoms with Crippen LogP contribution in [0.2, 0.25) is 0 Å². The minimum Gasteiger partial charge on any atom is -0.359 e. The van der Waals surface area contributed by atoms with Crippen LogP contribution in [0.25, 0.3) is 0 Å². The number of hydrogen-bond acceptors (Lipinski definition) is 4. The van der Waals surface area contributed by atoms with Gasteiger partial charge in [-0.15, -0.1) is 35.3 Å². The highest BCUT2D eigenvalue weighted by Crippen LogP contribution is 2.14. The molecule has 110 valence electrons. The van der Waals surface area contributed by atoms with Crippen LogP contribution in [0.5, 0.6) is 0 Å². The fourth-order valence-electron chi connectivity index (χ4n) is 1.64. The minimum atomic E-state index is 0. The third-order valence-corrected chi connectivity index (χ3v) is 3.74. The first-order chi connectivity index (χ1) is 9.19. The molecular weight excluding hydrogens is 387 g/mol. The average molecular weight is 406 g/mol. The number of aryl methyl sites for hydroxylation is 2. The van der Waals surface area contributed by atoms with E-state index in [2.05, 4.69) is 39.2 Å². The van der Waals surface area contributed by atoms with Crippen LogP contribution in [-0.2, 0) is 13.1 Å². The van der Waals surface area contributed by atoms with Gasteiger partial charge in [0.15, 0.2) is 11.7 Å². The number of aliphatic imine (C=N–C) groups is 1. The molecule has 2 N–H and O–H groups in total. The molecule has 0 aliphatic carbocycles. The van der Waals surface area contributed by atoms with E-state index in [1.807, 2.05) is 13.0 Å². The number of nitrogens with zero attached hydrogens (tertiary/aromatic N) is 2. The Hall–Kier alpha value is -1.09. The molecule has 0 unspecified atom stereocenters. The average Bonchev–Trinajstić information content (AvgIpc) is 2.99. The number of aromatic nitrogens is 1. The van der Waals surface area contributed by atoms with Crippen LogP contribution in [0.15, 0.2) is 27.0 Å². The summed E-state index contributed by atoms with van der Waals surface area (Å²) in [6.45, 7) is 5.36. The molecule has 0 saturated heterocycles. The molecule has 5 nitrogen and oxygen atoms in total. The van der Waals surface area contributed by atoms with Gasteiger partial charge in [0.05, 0.1) is 18.8 Å². The summed E-state index contributed by atoms with van der Waals surface area (Å²) < 4.78 is 5.14. The molecule has 2 aromatic rings. The quantitative estimate of drug-likeness (QED) is 0.466. The Labute approximate surface area is 139 Å². The number of thiophene rings is 1. The smallest absolute Gasteiger partial charge is 0.191 e. The van der Waals surface area contributed by atoms with Crippen LogP contribution in [0.3, 0.4) is 0 Å². The highest BCUT2D eigenvalue weighted by Gasteiger charge is 2.04. The summed E-state index contributed by atoms with van der Waals surface area (Å²) in [5.74, 6) is 1.55. The SMILES string of the molecule is CN=C(NCc1cc(C)no1)NCc1sccc1C.I. The van der Waals surface area contributed by atoms with Crippen LogP contribution in [0.4, 0.5) is 0 Å². The largest absolute Gasteiger partial charge is 0.359 e. The predicted molar refractivity (Wildman–Crippen MR) is 92.7 cm³/mol. The van der Waals surface area contributed by atoms with E-state index in [0.29, 0.717) is 6.54 Å². The first kappa shape index (κ1) is 17.0. The second-order valence-corrected chi connectivity index (χ2v) is 5.24. The molecule has 0 amide bonds. The molecule has 2 rings (SSSR count). The topological polar surface area (TPSA) is 62.5 Å². The van der Waals surface area contributed by atoms with E-state index in [9.17, 15) is 0 Å². The molecule has 0 radical (unpaired) electrons. The maximum Gasteiger partial charge on any atom is 0.191 e. The van der Waals surface area contributed by atoms with Crippen molar-refractivity contribution in [3.63, 3.8) is 0 Å². The Morgan fingerprint density at radius 2 is 2.10 bits per heavy atom. The van der Waals surface area contributed by atoms with Crippen LogP contribution < -0.4 is 10.6 Å². The lowest BCUT2D eigenvalue weighted by atomic mass is 10.3. The summed E-state index contributed by atoms with van der Waals surface area (Å²) in [7, 11) is 1.75. The van der Waals surface area contributed by atoms with Crippen molar-refractivity contribution in [1.29, 1.82) is 0 Å². The van der Waals surface area contributed by atoms with Crippen molar-refractivity contribution in [2.75, 3.05) is 7.05 Å². The molecule has 2 aromatic heterocycles. The normalized spacial score (nSPS) is 11.1. The maximum atomic E-state index is 5.14. The first-order valence-corrected chi connectivity index (χ1v) is 6.96. The van der Waals surface area contributed by atoms with Crippen LogP contribution in [-0.4, -0.2) is 18.2 Å². The van der Waals surface area contributed by atoms with E-state index in [0.717, 1.165) is 24.0 Å².